The monoisotopic (exact) mass is 281 g/mol. The van der Waals surface area contributed by atoms with E-state index in [0.717, 1.165) is 12.1 Å². The van der Waals surface area contributed by atoms with E-state index in [9.17, 15) is 21.6 Å². The molecular weight excluding hydrogens is 267 g/mol. The van der Waals surface area contributed by atoms with Crippen molar-refractivity contribution in [2.24, 2.45) is 5.92 Å². The lowest BCUT2D eigenvalue weighted by molar-refractivity contribution is -0.0436. The van der Waals surface area contributed by atoms with Crippen LogP contribution < -0.4 is 5.32 Å². The zero-order chi connectivity index (χ0) is 14.0. The summed E-state index contributed by atoms with van der Waals surface area (Å²) in [6.45, 7) is 4.62. The minimum Gasteiger partial charge on any atom is -0.385 e. The molecule has 1 N–H and O–H groups in total. The third-order valence-corrected chi connectivity index (χ3v) is 3.69. The molecule has 1 aromatic rings. The minimum atomic E-state index is -5.26. The van der Waals surface area contributed by atoms with E-state index >= 15 is 0 Å². The maximum absolute atomic E-state index is 12.3. The molecule has 0 saturated carbocycles. The van der Waals surface area contributed by atoms with Crippen LogP contribution in [-0.2, 0) is 9.84 Å². The molecule has 0 radical (unpaired) electrons. The van der Waals surface area contributed by atoms with E-state index in [0.29, 0.717) is 18.2 Å². The molecule has 0 aliphatic rings. The third kappa shape index (κ3) is 3.38. The standard InChI is InChI=1S/C11H14F3NO2S/c1-8(2)7-15-9-3-5-10(6-4-9)18(16,17)11(12,13)14/h3-6,8,15H,7H2,1-2H3. The summed E-state index contributed by atoms with van der Waals surface area (Å²) in [5, 5.41) is 2.99. The predicted octanol–water partition coefficient (Wildman–Crippen LogP) is 3.05. The molecule has 0 aliphatic heterocycles. The molecule has 0 aromatic heterocycles. The quantitative estimate of drug-likeness (QED) is 0.922. The van der Waals surface area contributed by atoms with Gasteiger partial charge in [-0.2, -0.15) is 13.2 Å². The van der Waals surface area contributed by atoms with Crippen LogP contribution in [0.1, 0.15) is 13.8 Å². The zero-order valence-corrected chi connectivity index (χ0v) is 10.8. The summed E-state index contributed by atoms with van der Waals surface area (Å²) in [6, 6.07) is 4.54. The van der Waals surface area contributed by atoms with Crippen LogP contribution in [0.4, 0.5) is 18.9 Å². The first kappa shape index (κ1) is 14.8. The number of sulfone groups is 1. The molecule has 0 fully saturated rings. The van der Waals surface area contributed by atoms with Crippen molar-refractivity contribution in [1.82, 2.24) is 0 Å². The van der Waals surface area contributed by atoms with Crippen LogP contribution in [0.25, 0.3) is 0 Å². The predicted molar refractivity (Wildman–Crippen MR) is 63.0 cm³/mol. The van der Waals surface area contributed by atoms with Gasteiger partial charge < -0.3 is 5.32 Å². The normalized spacial score (nSPS) is 12.8. The molecule has 0 aliphatic carbocycles. The van der Waals surface area contributed by atoms with E-state index in [2.05, 4.69) is 5.32 Å². The van der Waals surface area contributed by atoms with E-state index < -0.39 is 20.2 Å². The van der Waals surface area contributed by atoms with Crippen LogP contribution >= 0.6 is 0 Å². The highest BCUT2D eigenvalue weighted by molar-refractivity contribution is 7.92. The number of nitrogens with one attached hydrogen (secondary N) is 1. The first-order valence-electron chi connectivity index (χ1n) is 5.30. The van der Waals surface area contributed by atoms with Gasteiger partial charge in [0.2, 0.25) is 0 Å². The van der Waals surface area contributed by atoms with E-state index in [-0.39, 0.29) is 0 Å². The summed E-state index contributed by atoms with van der Waals surface area (Å²) in [5.41, 5.74) is -4.68. The topological polar surface area (TPSA) is 46.2 Å². The summed E-state index contributed by atoms with van der Waals surface area (Å²) in [4.78, 5) is -0.745. The van der Waals surface area contributed by atoms with Gasteiger partial charge >= 0.3 is 5.51 Å². The van der Waals surface area contributed by atoms with Gasteiger partial charge in [-0.3, -0.25) is 0 Å². The summed E-state index contributed by atoms with van der Waals surface area (Å²) in [7, 11) is -5.25. The molecule has 0 unspecified atom stereocenters. The largest absolute Gasteiger partial charge is 0.501 e. The van der Waals surface area contributed by atoms with Crippen molar-refractivity contribution in [3.8, 4) is 0 Å². The second-order valence-corrected chi connectivity index (χ2v) is 6.19. The molecule has 0 heterocycles. The number of hydrogen-bond acceptors (Lipinski definition) is 3. The van der Waals surface area contributed by atoms with Gasteiger partial charge in [0.25, 0.3) is 9.84 Å². The molecule has 7 heteroatoms. The first-order chi connectivity index (χ1) is 8.14. The Kier molecular flexibility index (Phi) is 4.26. The molecule has 0 atom stereocenters. The van der Waals surface area contributed by atoms with Crippen molar-refractivity contribution in [1.29, 1.82) is 0 Å². The van der Waals surface area contributed by atoms with Crippen LogP contribution in [0.2, 0.25) is 0 Å². The molecular formula is C11H14F3NO2S. The molecule has 3 nitrogen and oxygen atoms in total. The van der Waals surface area contributed by atoms with E-state index in [1.165, 1.54) is 12.1 Å². The van der Waals surface area contributed by atoms with Crippen molar-refractivity contribution in [3.63, 3.8) is 0 Å². The number of rotatable bonds is 4. The van der Waals surface area contributed by atoms with Gasteiger partial charge in [-0.05, 0) is 30.2 Å². The van der Waals surface area contributed by atoms with Crippen molar-refractivity contribution in [3.05, 3.63) is 24.3 Å². The Morgan fingerprint density at radius 2 is 1.67 bits per heavy atom. The van der Waals surface area contributed by atoms with Crippen molar-refractivity contribution >= 4 is 15.5 Å². The van der Waals surface area contributed by atoms with Gasteiger partial charge in [0.05, 0.1) is 4.90 Å². The SMILES string of the molecule is CC(C)CNc1ccc(S(=O)(=O)C(F)(F)F)cc1. The zero-order valence-electron chi connectivity index (χ0n) is 9.95. The third-order valence-electron chi connectivity index (χ3n) is 2.18. The Morgan fingerprint density at radius 1 is 1.17 bits per heavy atom. The lowest BCUT2D eigenvalue weighted by Crippen LogP contribution is -2.23. The molecule has 18 heavy (non-hydrogen) atoms. The average Bonchev–Trinajstić information content (AvgIpc) is 2.25. The second kappa shape index (κ2) is 5.17. The molecule has 0 bridgehead atoms. The minimum absolute atomic E-state index is 0.378. The molecule has 1 rings (SSSR count). The van der Waals surface area contributed by atoms with Crippen LogP contribution in [0.5, 0.6) is 0 Å². The van der Waals surface area contributed by atoms with Gasteiger partial charge in [0, 0.05) is 12.2 Å². The summed E-state index contributed by atoms with van der Waals surface area (Å²) in [5.74, 6) is 0.378. The average molecular weight is 281 g/mol. The fourth-order valence-electron chi connectivity index (χ4n) is 1.21. The highest BCUT2D eigenvalue weighted by Crippen LogP contribution is 2.30. The van der Waals surface area contributed by atoms with Crippen LogP contribution in [0, 0.1) is 5.92 Å². The Hall–Kier alpha value is -1.24. The van der Waals surface area contributed by atoms with E-state index in [1.54, 1.807) is 0 Å². The van der Waals surface area contributed by atoms with Crippen LogP contribution in [0.3, 0.4) is 0 Å². The number of benzene rings is 1. The number of anilines is 1. The summed E-state index contributed by atoms with van der Waals surface area (Å²) < 4.78 is 59.0. The van der Waals surface area contributed by atoms with Gasteiger partial charge in [0.1, 0.15) is 0 Å². The highest BCUT2D eigenvalue weighted by Gasteiger charge is 2.46. The Labute approximate surface area is 104 Å². The molecule has 0 amide bonds. The number of halogens is 3. The lowest BCUT2D eigenvalue weighted by Gasteiger charge is -2.11. The van der Waals surface area contributed by atoms with Gasteiger partial charge in [-0.1, -0.05) is 13.8 Å². The van der Waals surface area contributed by atoms with E-state index in [4.69, 9.17) is 0 Å². The van der Waals surface area contributed by atoms with Crippen molar-refractivity contribution < 1.29 is 21.6 Å². The maximum Gasteiger partial charge on any atom is 0.501 e. The van der Waals surface area contributed by atoms with Gasteiger partial charge in [-0.15, -0.1) is 0 Å². The van der Waals surface area contributed by atoms with Crippen LogP contribution in [0.15, 0.2) is 29.2 Å². The Bertz CT molecular complexity index is 492. The lowest BCUT2D eigenvalue weighted by atomic mass is 10.2. The summed E-state index contributed by atoms with van der Waals surface area (Å²) in [6.07, 6.45) is 0. The first-order valence-corrected chi connectivity index (χ1v) is 6.78. The Balaban J connectivity index is 2.90. The number of hydrogen-bond donors (Lipinski definition) is 1. The van der Waals surface area contributed by atoms with Gasteiger partial charge in [-0.25, -0.2) is 8.42 Å². The van der Waals surface area contributed by atoms with Crippen molar-refractivity contribution in [2.75, 3.05) is 11.9 Å². The molecule has 102 valence electrons. The fraction of sp³-hybridized carbons (Fsp3) is 0.455. The Morgan fingerprint density at radius 3 is 2.06 bits per heavy atom. The molecule has 0 spiro atoms. The van der Waals surface area contributed by atoms with Gasteiger partial charge in [0.15, 0.2) is 0 Å². The highest BCUT2D eigenvalue weighted by atomic mass is 32.2. The van der Waals surface area contributed by atoms with E-state index in [1.807, 2.05) is 13.8 Å². The van der Waals surface area contributed by atoms with Crippen LogP contribution in [-0.4, -0.2) is 20.5 Å². The van der Waals surface area contributed by atoms with Crippen molar-refractivity contribution in [2.45, 2.75) is 24.3 Å². The molecule has 0 saturated heterocycles. The fourth-order valence-corrected chi connectivity index (χ4v) is 1.97. The maximum atomic E-state index is 12.3. The summed E-state index contributed by atoms with van der Waals surface area (Å²) >= 11 is 0. The smallest absolute Gasteiger partial charge is 0.385 e. The number of alkyl halides is 3. The molecule has 1 aromatic carbocycles. The second-order valence-electron chi connectivity index (χ2n) is 4.25.